The predicted octanol–water partition coefficient (Wildman–Crippen LogP) is 3.68. The summed E-state index contributed by atoms with van der Waals surface area (Å²) in [7, 11) is -2.36. The van der Waals surface area contributed by atoms with Crippen molar-refractivity contribution in [2.75, 3.05) is 7.05 Å². The minimum atomic E-state index is -3.67. The Hall–Kier alpha value is -1.41. The van der Waals surface area contributed by atoms with Gasteiger partial charge in [0.1, 0.15) is 0 Å². The minimum absolute atomic E-state index is 0.0222. The van der Waals surface area contributed by atoms with Gasteiger partial charge in [-0.15, -0.1) is 0 Å². The molecule has 2 aromatic carbocycles. The van der Waals surface area contributed by atoms with E-state index in [1.54, 1.807) is 0 Å². The average Bonchev–Trinajstić information content (AvgIpc) is 2.55. The Morgan fingerprint density at radius 2 is 1.72 bits per heavy atom. The number of sulfonamides is 1. The normalized spacial score (nSPS) is 12.0. The summed E-state index contributed by atoms with van der Waals surface area (Å²) < 4.78 is 27.0. The van der Waals surface area contributed by atoms with Gasteiger partial charge in [0.05, 0.1) is 21.0 Å². The minimum Gasteiger partial charge on any atom is -0.343 e. The van der Waals surface area contributed by atoms with Crippen LogP contribution in [0.3, 0.4) is 0 Å². The third kappa shape index (κ3) is 4.61. The quantitative estimate of drug-likeness (QED) is 0.737. The van der Waals surface area contributed by atoms with Crippen molar-refractivity contribution in [2.24, 2.45) is 0 Å². The molecule has 2 aromatic rings. The molecule has 134 valence electrons. The number of carbonyl (C=O) groups is 1. The fourth-order valence-corrected chi connectivity index (χ4v) is 3.48. The van der Waals surface area contributed by atoms with Gasteiger partial charge in [-0.2, -0.15) is 0 Å². The Labute approximate surface area is 161 Å². The van der Waals surface area contributed by atoms with Crippen molar-refractivity contribution in [2.45, 2.75) is 24.3 Å². The monoisotopic (exact) mass is 444 g/mol. The van der Waals surface area contributed by atoms with Crippen LogP contribution in [-0.2, 0) is 15.6 Å². The summed E-state index contributed by atoms with van der Waals surface area (Å²) in [5.74, 6) is -0.453. The molecule has 0 unspecified atom stereocenters. The molecule has 0 saturated heterocycles. The van der Waals surface area contributed by atoms with Gasteiger partial charge in [0.15, 0.2) is 0 Å². The van der Waals surface area contributed by atoms with E-state index in [-0.39, 0.29) is 15.5 Å². The molecule has 0 aliphatic heterocycles. The van der Waals surface area contributed by atoms with Crippen molar-refractivity contribution in [3.8, 4) is 0 Å². The van der Waals surface area contributed by atoms with Crippen molar-refractivity contribution in [3.05, 3.63) is 63.1 Å². The molecule has 0 aromatic heterocycles. The Balaban J connectivity index is 2.34. The van der Waals surface area contributed by atoms with Crippen LogP contribution in [0.5, 0.6) is 0 Å². The van der Waals surface area contributed by atoms with Crippen LogP contribution in [-0.4, -0.2) is 21.4 Å². The maximum atomic E-state index is 12.7. The molecule has 2 N–H and O–H groups in total. The predicted molar refractivity (Wildman–Crippen MR) is 102 cm³/mol. The van der Waals surface area contributed by atoms with E-state index >= 15 is 0 Å². The van der Waals surface area contributed by atoms with Gasteiger partial charge in [-0.05, 0) is 56.8 Å². The summed E-state index contributed by atoms with van der Waals surface area (Å²) in [6.07, 6.45) is 0. The van der Waals surface area contributed by atoms with Crippen LogP contribution < -0.4 is 10.0 Å². The highest BCUT2D eigenvalue weighted by molar-refractivity contribution is 9.10. The van der Waals surface area contributed by atoms with E-state index in [0.29, 0.717) is 0 Å². The van der Waals surface area contributed by atoms with E-state index in [1.165, 1.54) is 25.2 Å². The molecule has 8 heteroatoms. The van der Waals surface area contributed by atoms with E-state index in [9.17, 15) is 13.2 Å². The third-order valence-electron chi connectivity index (χ3n) is 3.75. The summed E-state index contributed by atoms with van der Waals surface area (Å²) in [5, 5.41) is 3.07. The van der Waals surface area contributed by atoms with Gasteiger partial charge in [-0.25, -0.2) is 13.1 Å². The average molecular weight is 446 g/mol. The molecular weight excluding hydrogens is 428 g/mol. The molecule has 0 spiro atoms. The molecule has 0 aliphatic rings. The lowest BCUT2D eigenvalue weighted by atomic mass is 9.94. The Morgan fingerprint density at radius 1 is 1.12 bits per heavy atom. The Morgan fingerprint density at radius 3 is 2.28 bits per heavy atom. The zero-order valence-corrected chi connectivity index (χ0v) is 17.1. The fourth-order valence-electron chi connectivity index (χ4n) is 2.25. The van der Waals surface area contributed by atoms with Crippen LogP contribution >= 0.6 is 27.5 Å². The summed E-state index contributed by atoms with van der Waals surface area (Å²) in [6.45, 7) is 3.71. The molecule has 0 aliphatic carbocycles. The highest BCUT2D eigenvalue weighted by Crippen LogP contribution is 2.25. The summed E-state index contributed by atoms with van der Waals surface area (Å²) in [6, 6.07) is 11.6. The standard InChI is InChI=1S/C17H18BrClN2O3S/c1-17(2,11-4-6-12(18)7-5-11)21-16(22)14-10-13(8-9-15(14)19)25(23,24)20-3/h4-10,20H,1-3H3,(H,21,22). The largest absolute Gasteiger partial charge is 0.343 e. The first kappa shape index (κ1) is 19.9. The van der Waals surface area contributed by atoms with Gasteiger partial charge in [-0.3, -0.25) is 4.79 Å². The summed E-state index contributed by atoms with van der Waals surface area (Å²) in [4.78, 5) is 12.6. The maximum absolute atomic E-state index is 12.7. The maximum Gasteiger partial charge on any atom is 0.253 e. The van der Waals surface area contributed by atoms with Crippen LogP contribution in [0.1, 0.15) is 29.8 Å². The van der Waals surface area contributed by atoms with Crippen molar-refractivity contribution < 1.29 is 13.2 Å². The number of amides is 1. The van der Waals surface area contributed by atoms with Crippen molar-refractivity contribution >= 4 is 43.5 Å². The first-order chi connectivity index (χ1) is 11.6. The number of nitrogens with one attached hydrogen (secondary N) is 2. The smallest absolute Gasteiger partial charge is 0.253 e. The number of carbonyl (C=O) groups excluding carboxylic acids is 1. The van der Waals surface area contributed by atoms with E-state index in [2.05, 4.69) is 26.0 Å². The molecular formula is C17H18BrClN2O3S. The molecule has 0 radical (unpaired) electrons. The highest BCUT2D eigenvalue weighted by Gasteiger charge is 2.25. The van der Waals surface area contributed by atoms with Crippen LogP contribution in [0.2, 0.25) is 5.02 Å². The topological polar surface area (TPSA) is 75.3 Å². The Kier molecular flexibility index (Phi) is 5.93. The van der Waals surface area contributed by atoms with E-state index in [1.807, 2.05) is 38.1 Å². The van der Waals surface area contributed by atoms with Crippen LogP contribution in [0.4, 0.5) is 0 Å². The molecule has 0 heterocycles. The molecule has 0 saturated carbocycles. The zero-order chi connectivity index (χ0) is 18.8. The molecule has 0 atom stereocenters. The number of halogens is 2. The van der Waals surface area contributed by atoms with Crippen LogP contribution in [0, 0.1) is 0 Å². The van der Waals surface area contributed by atoms with Gasteiger partial charge in [0.25, 0.3) is 5.91 Å². The number of benzene rings is 2. The first-order valence-corrected chi connectivity index (χ1v) is 10.0. The number of hydrogen-bond donors (Lipinski definition) is 2. The van der Waals surface area contributed by atoms with Gasteiger partial charge in [0.2, 0.25) is 10.0 Å². The summed E-state index contributed by atoms with van der Waals surface area (Å²) >= 11 is 9.47. The lowest BCUT2D eigenvalue weighted by Crippen LogP contribution is -2.41. The van der Waals surface area contributed by atoms with E-state index in [0.717, 1.165) is 10.0 Å². The lowest BCUT2D eigenvalue weighted by molar-refractivity contribution is 0.0912. The number of rotatable bonds is 5. The molecule has 0 fully saturated rings. The van der Waals surface area contributed by atoms with Crippen LogP contribution in [0.25, 0.3) is 0 Å². The first-order valence-electron chi connectivity index (χ1n) is 7.38. The van der Waals surface area contributed by atoms with Crippen molar-refractivity contribution in [1.82, 2.24) is 10.0 Å². The number of hydrogen-bond acceptors (Lipinski definition) is 3. The second-order valence-electron chi connectivity index (χ2n) is 5.94. The second kappa shape index (κ2) is 7.45. The highest BCUT2D eigenvalue weighted by atomic mass is 79.9. The molecule has 1 amide bonds. The second-order valence-corrected chi connectivity index (χ2v) is 9.14. The zero-order valence-electron chi connectivity index (χ0n) is 13.9. The van der Waals surface area contributed by atoms with Gasteiger partial charge >= 0.3 is 0 Å². The van der Waals surface area contributed by atoms with Crippen LogP contribution in [0.15, 0.2) is 51.8 Å². The van der Waals surface area contributed by atoms with E-state index < -0.39 is 21.5 Å². The molecule has 25 heavy (non-hydrogen) atoms. The van der Waals surface area contributed by atoms with Crippen molar-refractivity contribution in [3.63, 3.8) is 0 Å². The summed E-state index contributed by atoms with van der Waals surface area (Å²) in [5.41, 5.74) is 0.335. The third-order valence-corrected chi connectivity index (χ3v) is 6.02. The Bertz CT molecular complexity index is 897. The molecule has 2 rings (SSSR count). The fraction of sp³-hybridized carbons (Fsp3) is 0.235. The molecule has 5 nitrogen and oxygen atoms in total. The SMILES string of the molecule is CNS(=O)(=O)c1ccc(Cl)c(C(=O)NC(C)(C)c2ccc(Br)cc2)c1. The van der Waals surface area contributed by atoms with E-state index in [4.69, 9.17) is 11.6 Å². The van der Waals surface area contributed by atoms with Crippen molar-refractivity contribution in [1.29, 1.82) is 0 Å². The van der Waals surface area contributed by atoms with Gasteiger partial charge < -0.3 is 5.32 Å². The van der Waals surface area contributed by atoms with Gasteiger partial charge in [0, 0.05) is 4.47 Å². The molecule has 0 bridgehead atoms. The lowest BCUT2D eigenvalue weighted by Gasteiger charge is -2.27. The van der Waals surface area contributed by atoms with Gasteiger partial charge in [-0.1, -0.05) is 39.7 Å².